The Morgan fingerprint density at radius 2 is 1.06 bits per heavy atom. The van der Waals surface area contributed by atoms with E-state index >= 15 is 0 Å². The number of benzene rings is 4. The topological polar surface area (TPSA) is 26.3 Å². The molecule has 0 aromatic heterocycles. The molecule has 0 saturated carbocycles. The van der Waals surface area contributed by atoms with Gasteiger partial charge >= 0.3 is 5.97 Å². The van der Waals surface area contributed by atoms with E-state index in [0.29, 0.717) is 6.42 Å². The monoisotopic (exact) mass is 496 g/mol. The maximum atomic E-state index is 13.9. The molecule has 0 radical (unpaired) electrons. The van der Waals surface area contributed by atoms with Crippen LogP contribution in [0.25, 0.3) is 0 Å². The molecule has 1 unspecified atom stereocenters. The summed E-state index contributed by atoms with van der Waals surface area (Å²) < 4.78 is 4.35. The number of rotatable bonds is 8. The van der Waals surface area contributed by atoms with Crippen LogP contribution >= 0.6 is 15.9 Å². The Morgan fingerprint density at radius 3 is 1.42 bits per heavy atom. The third kappa shape index (κ3) is 4.17. The first kappa shape index (κ1) is 22.8. The molecule has 1 atom stereocenters. The van der Waals surface area contributed by atoms with E-state index in [-0.39, 0.29) is 0 Å². The van der Waals surface area contributed by atoms with Crippen LogP contribution < -0.4 is 0 Å². The Kier molecular flexibility index (Phi) is 6.90. The van der Waals surface area contributed by atoms with Crippen molar-refractivity contribution in [3.05, 3.63) is 156 Å². The summed E-state index contributed by atoms with van der Waals surface area (Å²) in [6.07, 6.45) is 1.61. The molecule has 0 heterocycles. The maximum absolute atomic E-state index is 13.9. The first-order chi connectivity index (χ1) is 16.1. The fraction of sp³-hybridized carbons (Fsp3) is 0.100. The van der Waals surface area contributed by atoms with E-state index < -0.39 is 15.7 Å². The number of esters is 1. The molecule has 0 N–H and O–H groups in total. The average molecular weight is 497 g/mol. The van der Waals surface area contributed by atoms with Gasteiger partial charge < -0.3 is 4.74 Å². The Hall–Kier alpha value is -3.43. The molecule has 0 aliphatic heterocycles. The minimum Gasteiger partial charge on any atom is -0.434 e. The number of carbonyl (C=O) groups excluding carboxylic acids is 1. The highest BCUT2D eigenvalue weighted by Crippen LogP contribution is 2.53. The number of carbonyl (C=O) groups is 1. The molecule has 0 aliphatic rings. The zero-order chi connectivity index (χ0) is 23.2. The molecule has 0 spiro atoms. The zero-order valence-electron chi connectivity index (χ0n) is 18.2. The average Bonchev–Trinajstić information content (AvgIpc) is 2.87. The normalized spacial score (nSPS) is 13.0. The summed E-state index contributed by atoms with van der Waals surface area (Å²) >= 11 is 4.00. The first-order valence-electron chi connectivity index (χ1n) is 10.8. The van der Waals surface area contributed by atoms with Crippen LogP contribution in [0.4, 0.5) is 0 Å². The first-order valence-corrected chi connectivity index (χ1v) is 11.6. The number of ether oxygens (including phenoxy) is 1. The van der Waals surface area contributed by atoms with Crippen molar-refractivity contribution in [1.29, 1.82) is 0 Å². The summed E-state index contributed by atoms with van der Waals surface area (Å²) in [5, 5.41) is 0. The molecule has 33 heavy (non-hydrogen) atoms. The van der Waals surface area contributed by atoms with Crippen molar-refractivity contribution in [2.24, 2.45) is 0 Å². The van der Waals surface area contributed by atoms with Crippen LogP contribution in [-0.2, 0) is 21.4 Å². The van der Waals surface area contributed by atoms with Gasteiger partial charge in [0.1, 0.15) is 4.32 Å². The standard InChI is InChI=1S/C30H25BrO2/c1-2-33-28(32)29(31,23-24-15-7-3-8-16-24)30(25-17-9-4-10-18-25,26-19-11-5-12-20-26)27-21-13-6-14-22-27/h2-22H,1,23H2. The molecule has 0 saturated heterocycles. The molecule has 0 fully saturated rings. The van der Waals surface area contributed by atoms with E-state index in [1.165, 1.54) is 6.26 Å². The number of hydrogen-bond acceptors (Lipinski definition) is 2. The van der Waals surface area contributed by atoms with E-state index in [2.05, 4.69) is 58.9 Å². The molecule has 4 rings (SSSR count). The third-order valence-electron chi connectivity index (χ3n) is 6.02. The van der Waals surface area contributed by atoms with Crippen LogP contribution in [0.3, 0.4) is 0 Å². The molecular weight excluding hydrogens is 472 g/mol. The van der Waals surface area contributed by atoms with Gasteiger partial charge in [0.2, 0.25) is 0 Å². The summed E-state index contributed by atoms with van der Waals surface area (Å²) in [4.78, 5) is 13.9. The van der Waals surface area contributed by atoms with Gasteiger partial charge in [0.15, 0.2) is 0 Å². The lowest BCUT2D eigenvalue weighted by molar-refractivity contribution is -0.141. The molecule has 0 bridgehead atoms. The largest absolute Gasteiger partial charge is 0.434 e. The number of halogens is 1. The quantitative estimate of drug-likeness (QED) is 0.113. The highest BCUT2D eigenvalue weighted by atomic mass is 79.9. The van der Waals surface area contributed by atoms with Gasteiger partial charge in [-0.25, -0.2) is 0 Å². The molecule has 0 aliphatic carbocycles. The molecule has 2 nitrogen and oxygen atoms in total. The Morgan fingerprint density at radius 1 is 0.697 bits per heavy atom. The van der Waals surface area contributed by atoms with E-state index in [1.54, 1.807) is 0 Å². The van der Waals surface area contributed by atoms with Crippen LogP contribution in [-0.4, -0.2) is 10.3 Å². The second-order valence-corrected chi connectivity index (χ2v) is 9.24. The van der Waals surface area contributed by atoms with Crippen LogP contribution in [0, 0.1) is 0 Å². The number of alkyl halides is 1. The Bertz CT molecular complexity index is 1090. The lowest BCUT2D eigenvalue weighted by Crippen LogP contribution is -2.56. The SMILES string of the molecule is C=COC(=O)C(Br)(Cc1ccccc1)C(c1ccccc1)(c1ccccc1)c1ccccc1. The Balaban J connectivity index is 2.13. The van der Waals surface area contributed by atoms with Gasteiger partial charge in [-0.1, -0.05) is 144 Å². The predicted molar refractivity (Wildman–Crippen MR) is 137 cm³/mol. The summed E-state index contributed by atoms with van der Waals surface area (Å²) in [7, 11) is 0. The fourth-order valence-electron chi connectivity index (χ4n) is 4.65. The van der Waals surface area contributed by atoms with Crippen LogP contribution in [0.15, 0.2) is 134 Å². The predicted octanol–water partition coefficient (Wildman–Crippen LogP) is 7.08. The van der Waals surface area contributed by atoms with Crippen molar-refractivity contribution >= 4 is 21.9 Å². The van der Waals surface area contributed by atoms with Gasteiger partial charge in [-0.15, -0.1) is 0 Å². The minimum absolute atomic E-state index is 0.402. The lowest BCUT2D eigenvalue weighted by atomic mass is 9.60. The van der Waals surface area contributed by atoms with Gasteiger partial charge in [0, 0.05) is 0 Å². The molecule has 4 aromatic carbocycles. The highest BCUT2D eigenvalue weighted by Gasteiger charge is 2.59. The van der Waals surface area contributed by atoms with Gasteiger partial charge in [-0.3, -0.25) is 4.79 Å². The van der Waals surface area contributed by atoms with Gasteiger partial charge in [0.25, 0.3) is 0 Å². The maximum Gasteiger partial charge on any atom is 0.329 e. The third-order valence-corrected chi connectivity index (χ3v) is 7.22. The van der Waals surface area contributed by atoms with Crippen molar-refractivity contribution in [3.8, 4) is 0 Å². The lowest BCUT2D eigenvalue weighted by Gasteiger charge is -2.47. The molecule has 164 valence electrons. The van der Waals surface area contributed by atoms with E-state index in [4.69, 9.17) is 4.74 Å². The summed E-state index contributed by atoms with van der Waals surface area (Å²) in [6, 6.07) is 40.4. The smallest absolute Gasteiger partial charge is 0.329 e. The van der Waals surface area contributed by atoms with Crippen LogP contribution in [0.1, 0.15) is 22.3 Å². The van der Waals surface area contributed by atoms with E-state index in [0.717, 1.165) is 22.3 Å². The summed E-state index contributed by atoms with van der Waals surface area (Å²) in [5.74, 6) is -0.405. The minimum atomic E-state index is -1.18. The van der Waals surface area contributed by atoms with E-state index in [1.807, 2.05) is 84.9 Å². The van der Waals surface area contributed by atoms with Crippen molar-refractivity contribution in [3.63, 3.8) is 0 Å². The second-order valence-electron chi connectivity index (χ2n) is 7.88. The molecule has 4 aromatic rings. The van der Waals surface area contributed by atoms with Gasteiger partial charge in [-0.2, -0.15) is 0 Å². The van der Waals surface area contributed by atoms with Crippen molar-refractivity contribution in [1.82, 2.24) is 0 Å². The molecule has 3 heteroatoms. The molecule has 0 amide bonds. The zero-order valence-corrected chi connectivity index (χ0v) is 19.8. The fourth-order valence-corrected chi connectivity index (χ4v) is 5.76. The highest BCUT2D eigenvalue weighted by molar-refractivity contribution is 9.10. The summed E-state index contributed by atoms with van der Waals surface area (Å²) in [5.41, 5.74) is 3.07. The molecular formula is C30H25BrO2. The Labute approximate surface area is 203 Å². The van der Waals surface area contributed by atoms with E-state index in [9.17, 15) is 4.79 Å². The van der Waals surface area contributed by atoms with Gasteiger partial charge in [-0.05, 0) is 28.7 Å². The van der Waals surface area contributed by atoms with Crippen LogP contribution in [0.2, 0.25) is 0 Å². The van der Waals surface area contributed by atoms with Crippen molar-refractivity contribution in [2.75, 3.05) is 0 Å². The van der Waals surface area contributed by atoms with Gasteiger partial charge in [0.05, 0.1) is 11.7 Å². The van der Waals surface area contributed by atoms with Crippen molar-refractivity contribution in [2.45, 2.75) is 16.2 Å². The second kappa shape index (κ2) is 10.0. The number of hydrogen-bond donors (Lipinski definition) is 0. The summed E-state index contributed by atoms with van der Waals surface area (Å²) in [6.45, 7) is 3.66. The van der Waals surface area contributed by atoms with Crippen molar-refractivity contribution < 1.29 is 9.53 Å². The van der Waals surface area contributed by atoms with Crippen LogP contribution in [0.5, 0.6) is 0 Å².